The Kier molecular flexibility index (Phi) is 6.45. The number of anilines is 2. The third-order valence-corrected chi connectivity index (χ3v) is 9.27. The molecule has 3 saturated heterocycles. The van der Waals surface area contributed by atoms with Crippen molar-refractivity contribution in [2.45, 2.75) is 67.0 Å². The van der Waals surface area contributed by atoms with Crippen molar-refractivity contribution in [3.8, 4) is 5.75 Å². The quantitative estimate of drug-likeness (QED) is 0.608. The van der Waals surface area contributed by atoms with E-state index >= 15 is 0 Å². The van der Waals surface area contributed by atoms with Crippen LogP contribution in [-0.2, 0) is 16.1 Å². The van der Waals surface area contributed by atoms with Crippen molar-refractivity contribution in [1.29, 1.82) is 0 Å². The van der Waals surface area contributed by atoms with Gasteiger partial charge in [-0.25, -0.2) is 15.0 Å². The SMILES string of the molecule is CO[C@@H]1C[C@@H]2COc3c(Sc4cnc(N5CCC6(CC5)CO[C@@H](C)[C@H]6N)c(CO)n4)ccnc3N2C1. The molecule has 2 aromatic rings. The number of ether oxygens (including phenoxy) is 3. The minimum atomic E-state index is -0.170. The van der Waals surface area contributed by atoms with E-state index in [4.69, 9.17) is 29.9 Å². The van der Waals surface area contributed by atoms with Gasteiger partial charge in [-0.15, -0.1) is 0 Å². The van der Waals surface area contributed by atoms with Crippen molar-refractivity contribution >= 4 is 23.4 Å². The molecule has 3 fully saturated rings. The van der Waals surface area contributed by atoms with E-state index in [1.807, 2.05) is 12.3 Å². The number of pyridine rings is 1. The summed E-state index contributed by atoms with van der Waals surface area (Å²) in [6.07, 6.45) is 6.72. The fourth-order valence-corrected chi connectivity index (χ4v) is 6.91. The highest BCUT2D eigenvalue weighted by atomic mass is 32.2. The van der Waals surface area contributed by atoms with Crippen LogP contribution in [0, 0.1) is 5.41 Å². The molecule has 4 atom stereocenters. The largest absolute Gasteiger partial charge is 0.486 e. The molecule has 0 amide bonds. The Morgan fingerprint density at radius 3 is 2.83 bits per heavy atom. The standard InChI is InChI=1S/C25H34N6O4S/c1-15-22(26)25(14-35-15)4-7-30(8-5-25)23-18(12-32)29-20(10-28-23)36-19-3-6-27-24-21(19)34-13-16-9-17(33-2)11-31(16)24/h3,6,10,15-17,22,32H,4-5,7-9,11-14,26H2,1-2H3/t15-,16+,17+,22+/m0/s1. The number of rotatable bonds is 5. The molecule has 0 unspecified atom stereocenters. The number of piperidine rings is 1. The van der Waals surface area contributed by atoms with Gasteiger partial charge in [0.1, 0.15) is 17.3 Å². The Bertz CT molecular complexity index is 1110. The smallest absolute Gasteiger partial charge is 0.175 e. The fraction of sp³-hybridized carbons (Fsp3) is 0.640. The van der Waals surface area contributed by atoms with Gasteiger partial charge in [0.15, 0.2) is 17.4 Å². The summed E-state index contributed by atoms with van der Waals surface area (Å²) in [5.74, 6) is 2.38. The van der Waals surface area contributed by atoms with Gasteiger partial charge in [-0.1, -0.05) is 11.8 Å². The van der Waals surface area contributed by atoms with Gasteiger partial charge in [0.25, 0.3) is 0 Å². The maximum absolute atomic E-state index is 10.1. The Morgan fingerprint density at radius 2 is 2.11 bits per heavy atom. The second-order valence-corrected chi connectivity index (χ2v) is 11.4. The highest BCUT2D eigenvalue weighted by molar-refractivity contribution is 7.99. The molecule has 11 heteroatoms. The number of aliphatic hydroxyl groups is 1. The molecule has 0 aromatic carbocycles. The van der Waals surface area contributed by atoms with Gasteiger partial charge in [0, 0.05) is 44.4 Å². The summed E-state index contributed by atoms with van der Waals surface area (Å²) in [6, 6.07) is 2.29. The molecule has 3 N–H and O–H groups in total. The monoisotopic (exact) mass is 514 g/mol. The van der Waals surface area contributed by atoms with E-state index < -0.39 is 0 Å². The topological polar surface area (TPSA) is 119 Å². The summed E-state index contributed by atoms with van der Waals surface area (Å²) >= 11 is 1.48. The molecule has 0 bridgehead atoms. The number of nitrogens with two attached hydrogens (primary N) is 1. The van der Waals surface area contributed by atoms with Gasteiger partial charge in [-0.3, -0.25) is 0 Å². The second kappa shape index (κ2) is 9.60. The number of fused-ring (bicyclic) bond motifs is 3. The van der Waals surface area contributed by atoms with E-state index in [0.717, 1.165) is 67.8 Å². The maximum atomic E-state index is 10.1. The molecule has 6 heterocycles. The lowest BCUT2D eigenvalue weighted by atomic mass is 9.73. The lowest BCUT2D eigenvalue weighted by Gasteiger charge is -2.41. The van der Waals surface area contributed by atoms with Crippen LogP contribution in [-0.4, -0.2) is 84.3 Å². The Labute approximate surface area is 215 Å². The molecule has 0 saturated carbocycles. The number of aliphatic hydroxyl groups excluding tert-OH is 1. The Balaban J connectivity index is 1.19. The summed E-state index contributed by atoms with van der Waals surface area (Å²) in [4.78, 5) is 19.6. The molecule has 4 aliphatic heterocycles. The van der Waals surface area contributed by atoms with E-state index in [9.17, 15) is 5.11 Å². The first-order chi connectivity index (χ1) is 17.5. The molecule has 0 radical (unpaired) electrons. The molecular weight excluding hydrogens is 480 g/mol. The van der Waals surface area contributed by atoms with Crippen LogP contribution < -0.4 is 20.3 Å². The minimum absolute atomic E-state index is 0.0383. The van der Waals surface area contributed by atoms with Crippen LogP contribution in [0.4, 0.5) is 11.6 Å². The summed E-state index contributed by atoms with van der Waals surface area (Å²) in [5.41, 5.74) is 7.10. The second-order valence-electron chi connectivity index (χ2n) is 10.3. The van der Waals surface area contributed by atoms with Crippen molar-refractivity contribution in [2.75, 3.05) is 49.8 Å². The van der Waals surface area contributed by atoms with E-state index in [0.29, 0.717) is 17.3 Å². The van der Waals surface area contributed by atoms with Crippen LogP contribution in [0.15, 0.2) is 28.4 Å². The van der Waals surface area contributed by atoms with Crippen LogP contribution in [0.1, 0.15) is 31.9 Å². The van der Waals surface area contributed by atoms with Crippen molar-refractivity contribution in [3.05, 3.63) is 24.2 Å². The van der Waals surface area contributed by atoms with Crippen LogP contribution >= 0.6 is 11.8 Å². The first-order valence-electron chi connectivity index (χ1n) is 12.7. The first kappa shape index (κ1) is 24.2. The minimum Gasteiger partial charge on any atom is -0.486 e. The zero-order valence-corrected chi connectivity index (χ0v) is 21.6. The number of nitrogens with zero attached hydrogens (tertiary/aromatic N) is 5. The predicted molar refractivity (Wildman–Crippen MR) is 136 cm³/mol. The van der Waals surface area contributed by atoms with Crippen molar-refractivity contribution < 1.29 is 19.3 Å². The van der Waals surface area contributed by atoms with Gasteiger partial charge in [0.2, 0.25) is 0 Å². The Hall–Kier alpha value is -2.18. The number of hydrogen-bond acceptors (Lipinski definition) is 11. The van der Waals surface area contributed by atoms with E-state index in [1.54, 1.807) is 13.3 Å². The molecule has 10 nitrogen and oxygen atoms in total. The lowest BCUT2D eigenvalue weighted by Crippen LogP contribution is -2.51. The van der Waals surface area contributed by atoms with Gasteiger partial charge < -0.3 is 34.9 Å². The van der Waals surface area contributed by atoms with Crippen LogP contribution in [0.25, 0.3) is 0 Å². The third-order valence-electron chi connectivity index (χ3n) is 8.32. The van der Waals surface area contributed by atoms with E-state index in [-0.39, 0.29) is 36.3 Å². The molecule has 0 aliphatic carbocycles. The molecule has 36 heavy (non-hydrogen) atoms. The highest BCUT2D eigenvalue weighted by Gasteiger charge is 2.48. The van der Waals surface area contributed by atoms with Crippen LogP contribution in [0.3, 0.4) is 0 Å². The Morgan fingerprint density at radius 1 is 1.28 bits per heavy atom. The zero-order valence-electron chi connectivity index (χ0n) is 20.8. The van der Waals surface area contributed by atoms with Gasteiger partial charge in [0.05, 0.1) is 42.6 Å². The van der Waals surface area contributed by atoms with Crippen molar-refractivity contribution in [3.63, 3.8) is 0 Å². The van der Waals surface area contributed by atoms with Crippen molar-refractivity contribution in [1.82, 2.24) is 15.0 Å². The van der Waals surface area contributed by atoms with E-state index in [1.165, 1.54) is 11.8 Å². The van der Waals surface area contributed by atoms with Gasteiger partial charge >= 0.3 is 0 Å². The molecule has 194 valence electrons. The molecule has 1 spiro atoms. The average Bonchev–Trinajstić information content (AvgIpc) is 3.46. The molecular formula is C25H34N6O4S. The fourth-order valence-electron chi connectivity index (χ4n) is 6.05. The summed E-state index contributed by atoms with van der Waals surface area (Å²) in [7, 11) is 1.76. The normalized spacial score (nSPS) is 28.8. The third kappa shape index (κ3) is 4.10. The number of aromatic nitrogens is 3. The zero-order chi connectivity index (χ0) is 24.9. The maximum Gasteiger partial charge on any atom is 0.175 e. The van der Waals surface area contributed by atoms with Gasteiger partial charge in [-0.05, 0) is 32.3 Å². The number of methoxy groups -OCH3 is 1. The lowest BCUT2D eigenvalue weighted by molar-refractivity contribution is 0.0973. The number of hydrogen-bond donors (Lipinski definition) is 2. The predicted octanol–water partition coefficient (Wildman–Crippen LogP) is 1.83. The molecule has 6 rings (SSSR count). The molecule has 4 aliphatic rings. The first-order valence-corrected chi connectivity index (χ1v) is 13.5. The summed E-state index contributed by atoms with van der Waals surface area (Å²) < 4.78 is 17.6. The average molecular weight is 515 g/mol. The summed E-state index contributed by atoms with van der Waals surface area (Å²) in [5, 5.41) is 10.8. The van der Waals surface area contributed by atoms with Gasteiger partial charge in [-0.2, -0.15) is 0 Å². The van der Waals surface area contributed by atoms with Crippen molar-refractivity contribution in [2.24, 2.45) is 11.1 Å². The van der Waals surface area contributed by atoms with Crippen LogP contribution in [0.5, 0.6) is 5.75 Å². The van der Waals surface area contributed by atoms with Crippen LogP contribution in [0.2, 0.25) is 0 Å². The van der Waals surface area contributed by atoms with E-state index in [2.05, 4.69) is 21.7 Å². The molecule has 2 aromatic heterocycles. The summed E-state index contributed by atoms with van der Waals surface area (Å²) in [6.45, 7) is 5.68. The highest BCUT2D eigenvalue weighted by Crippen LogP contribution is 2.45.